The van der Waals surface area contributed by atoms with Crippen LogP contribution in [-0.2, 0) is 4.79 Å². The van der Waals surface area contributed by atoms with Crippen molar-refractivity contribution in [1.29, 1.82) is 0 Å². The maximum Gasteiger partial charge on any atom is 0.229 e. The van der Waals surface area contributed by atoms with Gasteiger partial charge in [0.15, 0.2) is 0 Å². The zero-order valence-electron chi connectivity index (χ0n) is 7.87. The number of amides is 1. The molecule has 1 aliphatic rings. The van der Waals surface area contributed by atoms with Crippen LogP contribution >= 0.6 is 0 Å². The molecule has 0 fully saturated rings. The first-order valence-electron chi connectivity index (χ1n) is 4.17. The monoisotopic (exact) mass is 165 g/mol. The first-order valence-corrected chi connectivity index (χ1v) is 4.17. The van der Waals surface area contributed by atoms with Crippen LogP contribution in [0.2, 0.25) is 0 Å². The van der Waals surface area contributed by atoms with E-state index >= 15 is 0 Å². The van der Waals surface area contributed by atoms with Crippen molar-refractivity contribution in [1.82, 2.24) is 4.90 Å². The van der Waals surface area contributed by atoms with E-state index in [0.29, 0.717) is 0 Å². The predicted molar refractivity (Wildman–Crippen MR) is 49.7 cm³/mol. The molecule has 1 aliphatic carbocycles. The first-order chi connectivity index (χ1) is 5.61. The summed E-state index contributed by atoms with van der Waals surface area (Å²) in [4.78, 5) is 13.1. The topological polar surface area (TPSA) is 20.3 Å². The zero-order chi connectivity index (χ0) is 9.14. The summed E-state index contributed by atoms with van der Waals surface area (Å²) in [5.41, 5.74) is 1.25. The molecular weight excluding hydrogens is 150 g/mol. The quantitative estimate of drug-likeness (QED) is 0.578. The lowest BCUT2D eigenvalue weighted by molar-refractivity contribution is -0.131. The Hall–Kier alpha value is -1.05. The third-order valence-electron chi connectivity index (χ3n) is 2.04. The number of hydrogen-bond acceptors (Lipinski definition) is 1. The average Bonchev–Trinajstić information content (AvgIpc) is 2.04. The highest BCUT2D eigenvalue weighted by Gasteiger charge is 2.17. The van der Waals surface area contributed by atoms with Crippen molar-refractivity contribution in [3.05, 3.63) is 23.8 Å². The molecule has 1 atom stereocenters. The van der Waals surface area contributed by atoms with E-state index in [0.717, 1.165) is 6.42 Å². The Balaban J connectivity index is 2.59. The second kappa shape index (κ2) is 3.57. The molecular formula is C10H15NO. The van der Waals surface area contributed by atoms with Gasteiger partial charge in [-0.1, -0.05) is 23.8 Å². The van der Waals surface area contributed by atoms with Crippen LogP contribution in [0.5, 0.6) is 0 Å². The van der Waals surface area contributed by atoms with Crippen molar-refractivity contribution >= 4 is 5.91 Å². The second-order valence-electron chi connectivity index (χ2n) is 3.38. The average molecular weight is 165 g/mol. The van der Waals surface area contributed by atoms with Crippen LogP contribution in [0.25, 0.3) is 0 Å². The molecule has 0 N–H and O–H groups in total. The van der Waals surface area contributed by atoms with Crippen molar-refractivity contribution < 1.29 is 4.79 Å². The summed E-state index contributed by atoms with van der Waals surface area (Å²) >= 11 is 0. The summed E-state index contributed by atoms with van der Waals surface area (Å²) in [7, 11) is 3.59. The fourth-order valence-corrected chi connectivity index (χ4v) is 1.24. The molecule has 0 radical (unpaired) electrons. The molecule has 0 heterocycles. The Labute approximate surface area is 73.6 Å². The van der Waals surface area contributed by atoms with Gasteiger partial charge in [0, 0.05) is 14.1 Å². The van der Waals surface area contributed by atoms with E-state index in [1.165, 1.54) is 5.57 Å². The van der Waals surface area contributed by atoms with Crippen LogP contribution in [0, 0.1) is 5.92 Å². The molecule has 0 bridgehead atoms. The highest BCUT2D eigenvalue weighted by molar-refractivity contribution is 5.80. The maximum absolute atomic E-state index is 11.4. The Kier molecular flexibility index (Phi) is 2.69. The van der Waals surface area contributed by atoms with Crippen molar-refractivity contribution in [2.24, 2.45) is 5.92 Å². The van der Waals surface area contributed by atoms with Gasteiger partial charge < -0.3 is 4.90 Å². The van der Waals surface area contributed by atoms with E-state index in [4.69, 9.17) is 0 Å². The highest BCUT2D eigenvalue weighted by Crippen LogP contribution is 2.17. The van der Waals surface area contributed by atoms with Gasteiger partial charge in [0.1, 0.15) is 0 Å². The minimum absolute atomic E-state index is 0.0590. The number of carbonyl (C=O) groups excluding carboxylic acids is 1. The van der Waals surface area contributed by atoms with Gasteiger partial charge in [0.05, 0.1) is 5.92 Å². The Morgan fingerprint density at radius 1 is 1.58 bits per heavy atom. The SMILES string of the molecule is CC1=CCC(C(=O)N(C)C)C=C1. The standard InChI is InChI=1S/C10H15NO/c1-8-4-6-9(7-5-8)10(12)11(2)3/h4-6,9H,7H2,1-3H3. The van der Waals surface area contributed by atoms with Crippen LogP contribution in [-0.4, -0.2) is 24.9 Å². The van der Waals surface area contributed by atoms with Crippen molar-refractivity contribution in [2.45, 2.75) is 13.3 Å². The summed E-state index contributed by atoms with van der Waals surface area (Å²) in [6.45, 7) is 2.05. The summed E-state index contributed by atoms with van der Waals surface area (Å²) in [5.74, 6) is 0.249. The molecule has 66 valence electrons. The fourth-order valence-electron chi connectivity index (χ4n) is 1.24. The van der Waals surface area contributed by atoms with Gasteiger partial charge in [0.2, 0.25) is 5.91 Å². The summed E-state index contributed by atoms with van der Waals surface area (Å²) in [5, 5.41) is 0. The molecule has 2 heteroatoms. The smallest absolute Gasteiger partial charge is 0.229 e. The van der Waals surface area contributed by atoms with Gasteiger partial charge >= 0.3 is 0 Å². The second-order valence-corrected chi connectivity index (χ2v) is 3.38. The van der Waals surface area contributed by atoms with Crippen molar-refractivity contribution in [2.75, 3.05) is 14.1 Å². The van der Waals surface area contributed by atoms with Crippen LogP contribution in [0.1, 0.15) is 13.3 Å². The largest absolute Gasteiger partial charge is 0.348 e. The summed E-state index contributed by atoms with van der Waals surface area (Å²) in [6.07, 6.45) is 6.94. The van der Waals surface area contributed by atoms with E-state index in [1.54, 1.807) is 19.0 Å². The predicted octanol–water partition coefficient (Wildman–Crippen LogP) is 1.60. The number of allylic oxidation sites excluding steroid dienone is 3. The van der Waals surface area contributed by atoms with Gasteiger partial charge in [-0.05, 0) is 13.3 Å². The Morgan fingerprint density at radius 2 is 2.25 bits per heavy atom. The minimum atomic E-state index is 0.0590. The number of hydrogen-bond donors (Lipinski definition) is 0. The van der Waals surface area contributed by atoms with Crippen LogP contribution in [0.4, 0.5) is 0 Å². The lowest BCUT2D eigenvalue weighted by atomic mass is 9.96. The van der Waals surface area contributed by atoms with Crippen molar-refractivity contribution in [3.8, 4) is 0 Å². The third-order valence-corrected chi connectivity index (χ3v) is 2.04. The fraction of sp³-hybridized carbons (Fsp3) is 0.500. The number of carbonyl (C=O) groups is 1. The third kappa shape index (κ3) is 1.97. The van der Waals surface area contributed by atoms with Crippen LogP contribution < -0.4 is 0 Å². The van der Waals surface area contributed by atoms with Crippen LogP contribution in [0.15, 0.2) is 23.8 Å². The summed E-state index contributed by atoms with van der Waals surface area (Å²) < 4.78 is 0. The van der Waals surface area contributed by atoms with Crippen LogP contribution in [0.3, 0.4) is 0 Å². The van der Waals surface area contributed by atoms with E-state index < -0.39 is 0 Å². The minimum Gasteiger partial charge on any atom is -0.348 e. The van der Waals surface area contributed by atoms with Crippen molar-refractivity contribution in [3.63, 3.8) is 0 Å². The molecule has 0 aromatic rings. The maximum atomic E-state index is 11.4. The first kappa shape index (κ1) is 9.04. The van der Waals surface area contributed by atoms with E-state index in [2.05, 4.69) is 6.08 Å². The van der Waals surface area contributed by atoms with E-state index in [1.807, 2.05) is 19.1 Å². The molecule has 0 spiro atoms. The van der Waals surface area contributed by atoms with Gasteiger partial charge in [-0.25, -0.2) is 0 Å². The Bertz CT molecular complexity index is 238. The van der Waals surface area contributed by atoms with E-state index in [9.17, 15) is 4.79 Å². The molecule has 1 unspecified atom stereocenters. The molecule has 1 amide bonds. The number of nitrogens with zero attached hydrogens (tertiary/aromatic N) is 1. The van der Waals surface area contributed by atoms with Gasteiger partial charge in [-0.15, -0.1) is 0 Å². The summed E-state index contributed by atoms with van der Waals surface area (Å²) in [6, 6.07) is 0. The molecule has 12 heavy (non-hydrogen) atoms. The van der Waals surface area contributed by atoms with E-state index in [-0.39, 0.29) is 11.8 Å². The lowest BCUT2D eigenvalue weighted by Crippen LogP contribution is -2.28. The number of rotatable bonds is 1. The highest BCUT2D eigenvalue weighted by atomic mass is 16.2. The van der Waals surface area contributed by atoms with Gasteiger partial charge in [-0.2, -0.15) is 0 Å². The normalized spacial score (nSPS) is 21.9. The molecule has 0 aromatic heterocycles. The lowest BCUT2D eigenvalue weighted by Gasteiger charge is -2.18. The molecule has 0 saturated heterocycles. The molecule has 1 rings (SSSR count). The Morgan fingerprint density at radius 3 is 2.67 bits per heavy atom. The molecule has 0 aromatic carbocycles. The van der Waals surface area contributed by atoms with Gasteiger partial charge in [-0.3, -0.25) is 4.79 Å². The molecule has 2 nitrogen and oxygen atoms in total. The molecule has 0 saturated carbocycles. The molecule has 0 aliphatic heterocycles. The van der Waals surface area contributed by atoms with Gasteiger partial charge in [0.25, 0.3) is 0 Å². The zero-order valence-corrected chi connectivity index (χ0v) is 7.87.